The molecule has 0 aliphatic rings. The third-order valence-corrected chi connectivity index (χ3v) is 3.41. The average Bonchev–Trinajstić information content (AvgIpc) is 2.75. The Balaban J connectivity index is 0.000000326. The van der Waals surface area contributed by atoms with Crippen LogP contribution in [-0.2, 0) is 9.63 Å². The Labute approximate surface area is 169 Å². The van der Waals surface area contributed by atoms with Crippen molar-refractivity contribution in [2.75, 3.05) is 42.9 Å². The zero-order valence-electron chi connectivity index (χ0n) is 16.7. The zero-order chi connectivity index (χ0) is 21.6. The normalized spacial score (nSPS) is 10.7. The molecule has 0 amide bonds. The molecule has 0 bridgehead atoms. The van der Waals surface area contributed by atoms with Gasteiger partial charge in [0, 0.05) is 13.6 Å². The van der Waals surface area contributed by atoms with E-state index in [1.165, 1.54) is 12.2 Å². The number of hydrogen-bond acceptors (Lipinski definition) is 9. The Morgan fingerprint density at radius 3 is 2.38 bits per heavy atom. The van der Waals surface area contributed by atoms with Crippen LogP contribution in [0.25, 0.3) is 0 Å². The van der Waals surface area contributed by atoms with Gasteiger partial charge in [0.25, 0.3) is 5.95 Å². The number of nitrogens with one attached hydrogen (secondary N) is 2. The van der Waals surface area contributed by atoms with Crippen LogP contribution >= 0.6 is 0 Å². The average molecular weight is 402 g/mol. The molecule has 1 aromatic carbocycles. The highest BCUT2D eigenvalue weighted by Gasteiger charge is 2.14. The van der Waals surface area contributed by atoms with Crippen LogP contribution < -0.4 is 15.7 Å². The lowest BCUT2D eigenvalue weighted by Crippen LogP contribution is -2.20. The molecule has 2 rings (SSSR count). The first-order valence-electron chi connectivity index (χ1n) is 8.83. The maximum Gasteiger partial charge on any atom is 0.337 e. The van der Waals surface area contributed by atoms with Crippen LogP contribution in [0, 0.1) is 12.3 Å². The number of aliphatic hydroxyl groups excluding tert-OH is 1. The van der Waals surface area contributed by atoms with Gasteiger partial charge in [0.05, 0.1) is 13.7 Å². The molecule has 1 atom stereocenters. The molecule has 1 aromatic heterocycles. The third kappa shape index (κ3) is 8.42. The molecular weight excluding hydrogens is 376 g/mol. The number of nitrogens with zero attached hydrogens (tertiary/aromatic N) is 4. The lowest BCUT2D eigenvalue weighted by Gasteiger charge is -2.15. The van der Waals surface area contributed by atoms with Crippen LogP contribution in [0.3, 0.4) is 0 Å². The molecule has 0 fully saturated rings. The monoisotopic (exact) mass is 402 g/mol. The topological polar surface area (TPSA) is 133 Å². The smallest absolute Gasteiger partial charge is 0.337 e. The van der Waals surface area contributed by atoms with Gasteiger partial charge in [-0.1, -0.05) is 43.2 Å². The van der Waals surface area contributed by atoms with Crippen molar-refractivity contribution in [2.45, 2.75) is 19.4 Å². The second kappa shape index (κ2) is 12.9. The van der Waals surface area contributed by atoms with Crippen molar-refractivity contribution in [2.24, 2.45) is 0 Å². The summed E-state index contributed by atoms with van der Waals surface area (Å²) in [6, 6.07) is 8.26. The van der Waals surface area contributed by atoms with Gasteiger partial charge in [-0.3, -0.25) is 4.84 Å². The van der Waals surface area contributed by atoms with Crippen LogP contribution in [-0.4, -0.2) is 58.4 Å². The number of carboxylic acids is 1. The molecule has 10 nitrogen and oxygen atoms in total. The second-order valence-corrected chi connectivity index (χ2v) is 5.60. The molecule has 156 valence electrons. The number of carbonyl (C=O) groups is 1. The van der Waals surface area contributed by atoms with Crippen molar-refractivity contribution in [3.05, 3.63) is 35.9 Å². The van der Waals surface area contributed by atoms with E-state index >= 15 is 0 Å². The molecule has 0 spiro atoms. The fourth-order valence-corrected chi connectivity index (χ4v) is 1.89. The van der Waals surface area contributed by atoms with Crippen molar-refractivity contribution < 1.29 is 19.8 Å². The number of rotatable bonds is 9. The maximum atomic E-state index is 10.2. The number of carboxylic acid groups (broad SMARTS) is 1. The van der Waals surface area contributed by atoms with E-state index in [-0.39, 0.29) is 0 Å². The predicted molar refractivity (Wildman–Crippen MR) is 110 cm³/mol. The Bertz CT molecular complexity index is 797. The summed E-state index contributed by atoms with van der Waals surface area (Å²) in [5, 5.41) is 24.8. The summed E-state index contributed by atoms with van der Waals surface area (Å²) in [4.78, 5) is 27.9. The molecule has 0 saturated heterocycles. The molecule has 1 unspecified atom stereocenters. The number of benzene rings is 1. The van der Waals surface area contributed by atoms with Gasteiger partial charge in [-0.05, 0) is 12.0 Å². The van der Waals surface area contributed by atoms with Gasteiger partial charge in [0.2, 0.25) is 11.9 Å². The van der Waals surface area contributed by atoms with Crippen LogP contribution in [0.2, 0.25) is 0 Å². The molecule has 29 heavy (non-hydrogen) atoms. The number of anilines is 3. The summed E-state index contributed by atoms with van der Waals surface area (Å²) in [6.45, 7) is 3.20. The largest absolute Gasteiger partial charge is 0.479 e. The van der Waals surface area contributed by atoms with E-state index in [9.17, 15) is 4.79 Å². The number of terminal acetylenes is 1. The lowest BCUT2D eigenvalue weighted by molar-refractivity contribution is -0.146. The zero-order valence-corrected chi connectivity index (χ0v) is 16.7. The summed E-state index contributed by atoms with van der Waals surface area (Å²) in [7, 11) is 3.25. The molecule has 0 radical (unpaired) electrons. The highest BCUT2D eigenvalue weighted by atomic mass is 16.7. The van der Waals surface area contributed by atoms with E-state index in [0.29, 0.717) is 30.0 Å². The summed E-state index contributed by atoms with van der Waals surface area (Å²) in [5.41, 5.74) is 0.403. The van der Waals surface area contributed by atoms with Crippen molar-refractivity contribution in [3.8, 4) is 12.3 Å². The first kappa shape index (κ1) is 23.6. The van der Waals surface area contributed by atoms with Gasteiger partial charge >= 0.3 is 5.97 Å². The van der Waals surface area contributed by atoms with E-state index in [2.05, 4.69) is 38.4 Å². The molecule has 2 aromatic rings. The van der Waals surface area contributed by atoms with Crippen LogP contribution in [0.5, 0.6) is 0 Å². The fourth-order valence-electron chi connectivity index (χ4n) is 1.89. The van der Waals surface area contributed by atoms with Crippen molar-refractivity contribution >= 4 is 23.8 Å². The minimum atomic E-state index is -1.41. The van der Waals surface area contributed by atoms with E-state index < -0.39 is 12.1 Å². The molecule has 0 aliphatic heterocycles. The van der Waals surface area contributed by atoms with Gasteiger partial charge in [0.15, 0.2) is 6.10 Å². The van der Waals surface area contributed by atoms with Gasteiger partial charge in [-0.15, -0.1) is 6.42 Å². The minimum Gasteiger partial charge on any atom is -0.479 e. The van der Waals surface area contributed by atoms with Gasteiger partial charge in [-0.25, -0.2) is 9.86 Å². The SMILES string of the molecule is C#CCNc1nc(NCCC)nc(N(C)OC)n1.O=C(O)C(O)c1ccccc1. The van der Waals surface area contributed by atoms with Gasteiger partial charge in [-0.2, -0.15) is 15.0 Å². The lowest BCUT2D eigenvalue weighted by atomic mass is 10.1. The Kier molecular flexibility index (Phi) is 10.5. The first-order chi connectivity index (χ1) is 13.9. The first-order valence-corrected chi connectivity index (χ1v) is 8.83. The van der Waals surface area contributed by atoms with E-state index in [0.717, 1.165) is 13.0 Å². The number of hydrogen-bond donors (Lipinski definition) is 4. The van der Waals surface area contributed by atoms with E-state index in [4.69, 9.17) is 21.5 Å². The predicted octanol–water partition coefficient (Wildman–Crippen LogP) is 1.54. The molecule has 10 heteroatoms. The van der Waals surface area contributed by atoms with E-state index in [1.807, 2.05) is 0 Å². The van der Waals surface area contributed by atoms with Crippen molar-refractivity contribution in [1.29, 1.82) is 0 Å². The summed E-state index contributed by atoms with van der Waals surface area (Å²) in [6.07, 6.45) is 4.76. The molecular formula is C19H26N6O4. The van der Waals surface area contributed by atoms with Crippen molar-refractivity contribution in [3.63, 3.8) is 0 Å². The number of hydroxylamine groups is 1. The summed E-state index contributed by atoms with van der Waals surface area (Å²) < 4.78 is 0. The number of aromatic nitrogens is 3. The summed E-state index contributed by atoms with van der Waals surface area (Å²) >= 11 is 0. The van der Waals surface area contributed by atoms with Crippen molar-refractivity contribution in [1.82, 2.24) is 15.0 Å². The third-order valence-electron chi connectivity index (χ3n) is 3.41. The molecule has 0 saturated carbocycles. The Morgan fingerprint density at radius 1 is 1.24 bits per heavy atom. The minimum absolute atomic E-state index is 0.355. The summed E-state index contributed by atoms with van der Waals surface area (Å²) in [5.74, 6) is 2.56. The highest BCUT2D eigenvalue weighted by molar-refractivity contribution is 5.73. The second-order valence-electron chi connectivity index (χ2n) is 5.60. The van der Waals surface area contributed by atoms with E-state index in [1.54, 1.807) is 37.4 Å². The quantitative estimate of drug-likeness (QED) is 0.361. The van der Waals surface area contributed by atoms with Gasteiger partial charge in [0.1, 0.15) is 0 Å². The van der Waals surface area contributed by atoms with Gasteiger partial charge < -0.3 is 20.8 Å². The fraction of sp³-hybridized carbons (Fsp3) is 0.368. The number of aliphatic hydroxyl groups is 1. The van der Waals surface area contributed by atoms with Crippen LogP contribution in [0.4, 0.5) is 17.8 Å². The molecule has 1 heterocycles. The Hall–Kier alpha value is -3.42. The van der Waals surface area contributed by atoms with Crippen LogP contribution in [0.15, 0.2) is 30.3 Å². The van der Waals surface area contributed by atoms with Crippen LogP contribution in [0.1, 0.15) is 25.0 Å². The Morgan fingerprint density at radius 2 is 1.86 bits per heavy atom. The molecule has 0 aliphatic carbocycles. The maximum absolute atomic E-state index is 10.2. The number of aliphatic carboxylic acids is 1. The molecule has 4 N–H and O–H groups in total. The standard InChI is InChI=1S/C11H18N6O.C8H8O3/c1-5-7-12-9-14-10(13-8-6-2)16-11(15-9)17(3)18-4;9-7(8(10)11)6-4-2-1-3-5-6/h1H,6-8H2,2-4H3,(H2,12,13,14,15,16);1-5,7,9H,(H,10,11). The highest BCUT2D eigenvalue weighted by Crippen LogP contribution is 2.12.